The van der Waals surface area contributed by atoms with E-state index in [-0.39, 0.29) is 5.41 Å². The van der Waals surface area contributed by atoms with Crippen LogP contribution in [-0.2, 0) is 19.3 Å². The molecule has 0 heteroatoms. The molecule has 0 spiro atoms. The van der Waals surface area contributed by atoms with Crippen molar-refractivity contribution in [2.45, 2.75) is 87.0 Å². The Morgan fingerprint density at radius 2 is 1.50 bits per heavy atom. The van der Waals surface area contributed by atoms with E-state index in [0.717, 1.165) is 19.3 Å². The summed E-state index contributed by atoms with van der Waals surface area (Å²) in [5.41, 5.74) is 10.3. The fraction of sp³-hybridized carbons (Fsp3) is 0.412. The number of aryl methyl sites for hydroxylation is 4. The van der Waals surface area contributed by atoms with Gasteiger partial charge >= 0.3 is 0 Å². The summed E-state index contributed by atoms with van der Waals surface area (Å²) in [6, 6.07) is 24.5. The van der Waals surface area contributed by atoms with Crippen molar-refractivity contribution in [1.82, 2.24) is 0 Å². The third kappa shape index (κ3) is 8.01. The van der Waals surface area contributed by atoms with Crippen molar-refractivity contribution in [3.05, 3.63) is 112 Å². The van der Waals surface area contributed by atoms with Gasteiger partial charge in [0, 0.05) is 0 Å². The average Bonchev–Trinajstić information content (AvgIpc) is 2.85. The third-order valence-electron chi connectivity index (χ3n) is 6.72. The van der Waals surface area contributed by atoms with E-state index >= 15 is 0 Å². The van der Waals surface area contributed by atoms with Crippen LogP contribution in [0.3, 0.4) is 0 Å². The minimum absolute atomic E-state index is 0.285. The van der Waals surface area contributed by atoms with E-state index in [1.54, 1.807) is 0 Å². The van der Waals surface area contributed by atoms with E-state index in [4.69, 9.17) is 0 Å². The number of allylic oxidation sites excluding steroid dienone is 1. The van der Waals surface area contributed by atoms with Crippen molar-refractivity contribution >= 4 is 6.08 Å². The van der Waals surface area contributed by atoms with Crippen LogP contribution < -0.4 is 0 Å². The fourth-order valence-electron chi connectivity index (χ4n) is 4.59. The number of hydrogen-bond donors (Lipinski definition) is 0. The number of fused-ring (bicyclic) bond motifs is 1. The lowest BCUT2D eigenvalue weighted by molar-refractivity contribution is 0.387. The van der Waals surface area contributed by atoms with Crippen LogP contribution >= 0.6 is 0 Å². The Labute approximate surface area is 210 Å². The first-order chi connectivity index (χ1) is 16.3. The molecule has 0 fully saturated rings. The summed E-state index contributed by atoms with van der Waals surface area (Å²) in [6.45, 7) is 17.4. The molecule has 1 atom stereocenters. The third-order valence-corrected chi connectivity index (χ3v) is 6.72. The van der Waals surface area contributed by atoms with Crippen LogP contribution in [0.5, 0.6) is 0 Å². The van der Waals surface area contributed by atoms with Gasteiger partial charge in [-0.15, -0.1) is 0 Å². The Morgan fingerprint density at radius 1 is 0.853 bits per heavy atom. The van der Waals surface area contributed by atoms with Gasteiger partial charge in [-0.1, -0.05) is 132 Å². The Hall–Kier alpha value is -2.60. The molecule has 0 nitrogen and oxygen atoms in total. The maximum Gasteiger partial charge on any atom is -0.00995 e. The first-order valence-electron chi connectivity index (χ1n) is 13.2. The first kappa shape index (κ1) is 27.6. The zero-order valence-electron chi connectivity index (χ0n) is 22.9. The monoisotopic (exact) mass is 454 g/mol. The second kappa shape index (κ2) is 13.3. The molecule has 4 rings (SSSR count). The summed E-state index contributed by atoms with van der Waals surface area (Å²) in [5.74, 6) is 0.658. The summed E-state index contributed by atoms with van der Waals surface area (Å²) in [6.07, 6.45) is 9.41. The van der Waals surface area contributed by atoms with Crippen molar-refractivity contribution in [1.29, 1.82) is 0 Å². The molecule has 1 aliphatic rings. The number of hydrogen-bond acceptors (Lipinski definition) is 0. The van der Waals surface area contributed by atoms with E-state index in [1.807, 2.05) is 13.8 Å². The smallest absolute Gasteiger partial charge is 0.00995 e. The molecule has 0 N–H and O–H groups in total. The van der Waals surface area contributed by atoms with Crippen molar-refractivity contribution < 1.29 is 0 Å². The molecule has 1 aliphatic carbocycles. The van der Waals surface area contributed by atoms with Gasteiger partial charge in [0.15, 0.2) is 0 Å². The second-order valence-corrected chi connectivity index (χ2v) is 10.1. The Bertz CT molecular complexity index is 1040. The molecule has 3 aromatic carbocycles. The van der Waals surface area contributed by atoms with Gasteiger partial charge in [-0.25, -0.2) is 0 Å². The molecule has 0 aliphatic heterocycles. The summed E-state index contributed by atoms with van der Waals surface area (Å²) in [5, 5.41) is 0. The van der Waals surface area contributed by atoms with Gasteiger partial charge in [0.1, 0.15) is 0 Å². The second-order valence-electron chi connectivity index (χ2n) is 10.1. The van der Waals surface area contributed by atoms with Crippen LogP contribution in [0, 0.1) is 19.3 Å². The normalized spacial score (nSPS) is 16.1. The molecule has 0 bridgehead atoms. The predicted octanol–water partition coefficient (Wildman–Crippen LogP) is 9.91. The molecule has 0 saturated carbocycles. The Balaban J connectivity index is 0.000000266. The summed E-state index contributed by atoms with van der Waals surface area (Å²) >= 11 is 0. The van der Waals surface area contributed by atoms with Crippen LogP contribution in [0.2, 0.25) is 0 Å². The van der Waals surface area contributed by atoms with Gasteiger partial charge in [0.05, 0.1) is 0 Å². The molecule has 0 heterocycles. The number of benzene rings is 3. The predicted molar refractivity (Wildman–Crippen MR) is 153 cm³/mol. The molecule has 3 aromatic rings. The minimum Gasteiger partial charge on any atom is -0.0776 e. The average molecular weight is 455 g/mol. The van der Waals surface area contributed by atoms with E-state index < -0.39 is 0 Å². The molecule has 1 unspecified atom stereocenters. The van der Waals surface area contributed by atoms with Crippen LogP contribution in [-0.4, -0.2) is 0 Å². The number of rotatable bonds is 5. The van der Waals surface area contributed by atoms with E-state index in [2.05, 4.69) is 120 Å². The molecular formula is C34H46. The lowest BCUT2D eigenvalue weighted by Crippen LogP contribution is -2.21. The maximum atomic E-state index is 2.42. The van der Waals surface area contributed by atoms with Crippen molar-refractivity contribution in [2.75, 3.05) is 0 Å². The van der Waals surface area contributed by atoms with Gasteiger partial charge in [-0.3, -0.25) is 0 Å². The fourth-order valence-corrected chi connectivity index (χ4v) is 4.59. The largest absolute Gasteiger partial charge is 0.0776 e. The standard InChI is InChI=1S/C21H24.C11H16.C2H6/c1-16-4-7-18(8-5-16)10-12-21(3)13-11-19-14-17(2)6-9-20(19)15-21;1-4-10-7-5-6-8-11(10)9(2)3;1-2/h4-9,11,13-14H,10,12,15H2,1-3H3;5-9H,4H2,1-3H3;1-2H3. The molecule has 0 aromatic heterocycles. The highest BCUT2D eigenvalue weighted by molar-refractivity contribution is 5.58. The van der Waals surface area contributed by atoms with Crippen LogP contribution in [0.15, 0.2) is 72.8 Å². The zero-order chi connectivity index (χ0) is 25.1. The van der Waals surface area contributed by atoms with Crippen molar-refractivity contribution in [3.8, 4) is 0 Å². The lowest BCUT2D eigenvalue weighted by Gasteiger charge is -2.30. The molecule has 0 saturated heterocycles. The van der Waals surface area contributed by atoms with Crippen LogP contribution in [0.25, 0.3) is 6.08 Å². The SMILES string of the molecule is CC.CCc1ccccc1C(C)C.Cc1ccc(CCC2(C)C=Cc3cc(C)ccc3C2)cc1. The van der Waals surface area contributed by atoms with Gasteiger partial charge in [0.25, 0.3) is 0 Å². The summed E-state index contributed by atoms with van der Waals surface area (Å²) in [4.78, 5) is 0. The molecule has 0 amide bonds. The van der Waals surface area contributed by atoms with Gasteiger partial charge in [-0.05, 0) is 78.7 Å². The van der Waals surface area contributed by atoms with Crippen LogP contribution in [0.1, 0.15) is 92.8 Å². The lowest BCUT2D eigenvalue weighted by atomic mass is 9.74. The molecule has 182 valence electrons. The molecule has 34 heavy (non-hydrogen) atoms. The van der Waals surface area contributed by atoms with Crippen molar-refractivity contribution in [2.24, 2.45) is 5.41 Å². The zero-order valence-corrected chi connectivity index (χ0v) is 22.9. The molecular weight excluding hydrogens is 408 g/mol. The Morgan fingerprint density at radius 3 is 2.12 bits per heavy atom. The van der Waals surface area contributed by atoms with Gasteiger partial charge in [-0.2, -0.15) is 0 Å². The van der Waals surface area contributed by atoms with Crippen molar-refractivity contribution in [3.63, 3.8) is 0 Å². The Kier molecular flexibility index (Phi) is 10.8. The van der Waals surface area contributed by atoms with E-state index in [0.29, 0.717) is 5.92 Å². The van der Waals surface area contributed by atoms with E-state index in [9.17, 15) is 0 Å². The van der Waals surface area contributed by atoms with E-state index in [1.165, 1.54) is 45.4 Å². The summed E-state index contributed by atoms with van der Waals surface area (Å²) in [7, 11) is 0. The molecule has 0 radical (unpaired) electrons. The highest BCUT2D eigenvalue weighted by Crippen LogP contribution is 2.36. The summed E-state index contributed by atoms with van der Waals surface area (Å²) < 4.78 is 0. The first-order valence-corrected chi connectivity index (χ1v) is 13.2. The van der Waals surface area contributed by atoms with Gasteiger partial charge < -0.3 is 0 Å². The maximum absolute atomic E-state index is 2.42. The topological polar surface area (TPSA) is 0 Å². The highest BCUT2D eigenvalue weighted by atomic mass is 14.3. The van der Waals surface area contributed by atoms with Gasteiger partial charge in [0.2, 0.25) is 0 Å². The quantitative estimate of drug-likeness (QED) is 0.360. The minimum atomic E-state index is 0.285. The highest BCUT2D eigenvalue weighted by Gasteiger charge is 2.25. The van der Waals surface area contributed by atoms with Crippen LogP contribution in [0.4, 0.5) is 0 Å².